The molecule has 40 heavy (non-hydrogen) atoms. The van der Waals surface area contributed by atoms with E-state index in [1.54, 1.807) is 12.0 Å². The molecule has 0 saturated carbocycles. The number of amides is 1. The topological polar surface area (TPSA) is 67.9 Å². The summed E-state index contributed by atoms with van der Waals surface area (Å²) in [6, 6.07) is 17.3. The molecule has 8 heteroatoms. The number of hydrogen-bond acceptors (Lipinski definition) is 5. The number of aromatic nitrogens is 3. The number of nitrogens with zero attached hydrogens (tertiary/aromatic N) is 5. The first kappa shape index (κ1) is 26.8. The van der Waals surface area contributed by atoms with Gasteiger partial charge >= 0.3 is 0 Å². The van der Waals surface area contributed by atoms with Crippen LogP contribution in [-0.2, 0) is 16.8 Å². The summed E-state index contributed by atoms with van der Waals surface area (Å²) in [6.45, 7) is 12.9. The van der Waals surface area contributed by atoms with Crippen LogP contribution in [0.3, 0.4) is 0 Å². The molecule has 4 aliphatic rings. The van der Waals surface area contributed by atoms with Crippen LogP contribution < -0.4 is 14.5 Å². The van der Waals surface area contributed by atoms with Gasteiger partial charge < -0.3 is 19.4 Å². The molecule has 2 aromatic carbocycles. The Labute approximate surface area is 237 Å². The van der Waals surface area contributed by atoms with Crippen LogP contribution in [0.2, 0.25) is 0 Å². The summed E-state index contributed by atoms with van der Waals surface area (Å²) in [5.74, 6) is 1.87. The molecule has 2 bridgehead atoms. The largest absolute Gasteiger partial charge is 0.495 e. The number of carbonyl (C=O) groups excluding carboxylic acids is 1. The van der Waals surface area contributed by atoms with Gasteiger partial charge in [0, 0.05) is 44.6 Å². The van der Waals surface area contributed by atoms with Gasteiger partial charge in [0.1, 0.15) is 17.5 Å². The number of anilines is 1. The van der Waals surface area contributed by atoms with E-state index in [2.05, 4.69) is 77.4 Å². The Hall–Kier alpha value is -3.39. The lowest BCUT2D eigenvalue weighted by molar-refractivity contribution is -0.945. The predicted octanol–water partition coefficient (Wildman–Crippen LogP) is 2.89. The Morgan fingerprint density at radius 2 is 1.80 bits per heavy atom. The quantitative estimate of drug-likeness (QED) is 0.518. The SMILES string of the molecule is COc1ccccc1N1CCN(C(=O)[C@H]2C[NH+]3CC[C@H]2C[C@@H]3Cn2cc(-c3ccc(C(C)(C)C)cc3)nn2)CC1. The molecule has 0 radical (unpaired) electrons. The van der Waals surface area contributed by atoms with Crippen molar-refractivity contribution in [1.82, 2.24) is 19.9 Å². The van der Waals surface area contributed by atoms with Gasteiger partial charge in [0.15, 0.2) is 0 Å². The van der Waals surface area contributed by atoms with E-state index in [0.29, 0.717) is 17.9 Å². The molecule has 5 heterocycles. The number of benzene rings is 2. The van der Waals surface area contributed by atoms with Gasteiger partial charge in [-0.05, 0) is 29.0 Å². The number of hydrogen-bond donors (Lipinski definition) is 1. The third kappa shape index (κ3) is 5.33. The average molecular weight is 544 g/mol. The fraction of sp³-hybridized carbons (Fsp3) is 0.531. The molecule has 4 atom stereocenters. The van der Waals surface area contributed by atoms with Crippen molar-refractivity contribution in [3.05, 3.63) is 60.3 Å². The molecular formula is C32H43N6O2+. The number of piperazine rings is 1. The summed E-state index contributed by atoms with van der Waals surface area (Å²) in [4.78, 5) is 19.7. The Kier molecular flexibility index (Phi) is 7.29. The lowest BCUT2D eigenvalue weighted by atomic mass is 9.75. The lowest BCUT2D eigenvalue weighted by Gasteiger charge is -2.47. The molecule has 0 spiro atoms. The number of piperidine rings is 3. The summed E-state index contributed by atoms with van der Waals surface area (Å²) >= 11 is 0. The standard InChI is InChI=1S/C32H42N6O2/c1-32(2,3)25-11-9-23(10-12-25)28-22-38(34-33-28)20-26-19-24-13-14-37(26)21-27(24)31(39)36-17-15-35(16-18-36)29-7-5-6-8-30(29)40-4/h5-12,22,24,26-27H,13-21H2,1-4H3/p+1/t24-,26+,27-/m0/s1. The van der Waals surface area contributed by atoms with Gasteiger partial charge in [0.05, 0.1) is 44.5 Å². The number of methoxy groups -OCH3 is 1. The number of quaternary nitrogens is 1. The van der Waals surface area contributed by atoms with Gasteiger partial charge in [-0.3, -0.25) is 4.79 Å². The number of fused-ring (bicyclic) bond motifs is 3. The van der Waals surface area contributed by atoms with Crippen LogP contribution in [0.1, 0.15) is 39.2 Å². The summed E-state index contributed by atoms with van der Waals surface area (Å²) in [5, 5.41) is 8.96. The van der Waals surface area contributed by atoms with E-state index >= 15 is 0 Å². The smallest absolute Gasteiger partial charge is 0.231 e. The molecule has 1 N–H and O–H groups in total. The highest BCUT2D eigenvalue weighted by Crippen LogP contribution is 2.32. The molecule has 1 amide bonds. The van der Waals surface area contributed by atoms with E-state index in [1.165, 1.54) is 5.56 Å². The fourth-order valence-corrected chi connectivity index (χ4v) is 6.98. The van der Waals surface area contributed by atoms with E-state index in [9.17, 15) is 4.79 Å². The molecule has 1 unspecified atom stereocenters. The molecule has 212 valence electrons. The summed E-state index contributed by atoms with van der Waals surface area (Å²) in [5.41, 5.74) is 4.60. The highest BCUT2D eigenvalue weighted by atomic mass is 16.5. The second-order valence-corrected chi connectivity index (χ2v) is 12.8. The van der Waals surface area contributed by atoms with Crippen molar-refractivity contribution in [2.75, 3.05) is 51.3 Å². The minimum Gasteiger partial charge on any atom is -0.495 e. The van der Waals surface area contributed by atoms with Crippen LogP contribution >= 0.6 is 0 Å². The molecule has 8 nitrogen and oxygen atoms in total. The lowest BCUT2D eigenvalue weighted by Crippen LogP contribution is -3.20. The minimum absolute atomic E-state index is 0.136. The number of nitrogens with one attached hydrogen (secondary N) is 1. The van der Waals surface area contributed by atoms with Crippen molar-refractivity contribution in [3.63, 3.8) is 0 Å². The van der Waals surface area contributed by atoms with E-state index in [4.69, 9.17) is 4.74 Å². The first-order valence-corrected chi connectivity index (χ1v) is 14.8. The molecule has 0 aliphatic carbocycles. The second kappa shape index (κ2) is 10.9. The van der Waals surface area contributed by atoms with Gasteiger partial charge in [-0.1, -0.05) is 62.4 Å². The van der Waals surface area contributed by atoms with Gasteiger partial charge in [-0.25, -0.2) is 4.68 Å². The van der Waals surface area contributed by atoms with Crippen LogP contribution in [0.5, 0.6) is 5.75 Å². The van der Waals surface area contributed by atoms with Gasteiger partial charge in [-0.2, -0.15) is 0 Å². The van der Waals surface area contributed by atoms with Gasteiger partial charge in [-0.15, -0.1) is 5.10 Å². The van der Waals surface area contributed by atoms with Crippen LogP contribution in [0.15, 0.2) is 54.7 Å². The molecular weight excluding hydrogens is 500 g/mol. The molecule has 4 saturated heterocycles. The third-order valence-corrected chi connectivity index (χ3v) is 9.38. The fourth-order valence-electron chi connectivity index (χ4n) is 6.98. The van der Waals surface area contributed by atoms with Crippen molar-refractivity contribution < 1.29 is 14.4 Å². The summed E-state index contributed by atoms with van der Waals surface area (Å²) in [6.07, 6.45) is 4.31. The van der Waals surface area contributed by atoms with Crippen molar-refractivity contribution in [3.8, 4) is 17.0 Å². The maximum atomic E-state index is 13.7. The van der Waals surface area contributed by atoms with Crippen molar-refractivity contribution in [2.45, 2.75) is 51.6 Å². The number of carbonyl (C=O) groups is 1. The maximum absolute atomic E-state index is 13.7. The molecule has 1 aromatic heterocycles. The third-order valence-electron chi connectivity index (χ3n) is 9.38. The maximum Gasteiger partial charge on any atom is 0.231 e. The average Bonchev–Trinajstić information content (AvgIpc) is 3.45. The number of ether oxygens (including phenoxy) is 1. The van der Waals surface area contributed by atoms with Gasteiger partial charge in [0.25, 0.3) is 0 Å². The second-order valence-electron chi connectivity index (χ2n) is 12.8. The Morgan fingerprint density at radius 1 is 1.05 bits per heavy atom. The Morgan fingerprint density at radius 3 is 2.48 bits per heavy atom. The van der Waals surface area contributed by atoms with Gasteiger partial charge in [0.2, 0.25) is 5.91 Å². The Bertz CT molecular complexity index is 1320. The van der Waals surface area contributed by atoms with Crippen LogP contribution in [0.4, 0.5) is 5.69 Å². The zero-order valence-corrected chi connectivity index (χ0v) is 24.3. The predicted molar refractivity (Wildman–Crippen MR) is 157 cm³/mol. The van der Waals surface area contributed by atoms with Crippen molar-refractivity contribution >= 4 is 11.6 Å². The van der Waals surface area contributed by atoms with E-state index in [-0.39, 0.29) is 11.3 Å². The highest BCUT2D eigenvalue weighted by molar-refractivity contribution is 5.80. The van der Waals surface area contributed by atoms with Crippen molar-refractivity contribution in [2.24, 2.45) is 11.8 Å². The monoisotopic (exact) mass is 543 g/mol. The van der Waals surface area contributed by atoms with Crippen LogP contribution in [0.25, 0.3) is 11.3 Å². The van der Waals surface area contributed by atoms with E-state index < -0.39 is 0 Å². The van der Waals surface area contributed by atoms with E-state index in [0.717, 1.165) is 81.3 Å². The minimum atomic E-state index is 0.136. The molecule has 4 fully saturated rings. The highest BCUT2D eigenvalue weighted by Gasteiger charge is 2.48. The zero-order chi connectivity index (χ0) is 27.9. The molecule has 4 aliphatic heterocycles. The van der Waals surface area contributed by atoms with Crippen LogP contribution in [0, 0.1) is 11.8 Å². The first-order chi connectivity index (χ1) is 19.3. The molecule has 7 rings (SSSR count). The summed E-state index contributed by atoms with van der Waals surface area (Å²) in [7, 11) is 1.72. The zero-order valence-electron chi connectivity index (χ0n) is 24.3. The Balaban J connectivity index is 1.04. The van der Waals surface area contributed by atoms with Crippen molar-refractivity contribution in [1.29, 1.82) is 0 Å². The van der Waals surface area contributed by atoms with Crippen LogP contribution in [-0.4, -0.2) is 78.2 Å². The summed E-state index contributed by atoms with van der Waals surface area (Å²) < 4.78 is 7.57. The number of para-hydroxylation sites is 2. The molecule has 3 aromatic rings. The number of rotatable bonds is 6. The normalized spacial score (nSPS) is 24.8. The first-order valence-electron chi connectivity index (χ1n) is 14.8. The van der Waals surface area contributed by atoms with E-state index in [1.807, 2.05) is 22.9 Å².